The first-order chi connectivity index (χ1) is 35.9. The lowest BCUT2D eigenvalue weighted by molar-refractivity contribution is -0.618. The first-order valence-corrected chi connectivity index (χ1v) is 24.5. The summed E-state index contributed by atoms with van der Waals surface area (Å²) in [6.07, 6.45) is 0.707. The quantitative estimate of drug-likeness (QED) is 0.0289. The second-order valence-electron chi connectivity index (χ2n) is 18.9. The third kappa shape index (κ3) is 15.4. The Balaban J connectivity index is 0.843. The van der Waals surface area contributed by atoms with Gasteiger partial charge in [0, 0.05) is 31.1 Å². The number of amides is 4. The van der Waals surface area contributed by atoms with Gasteiger partial charge >= 0.3 is 6.17 Å². The molecule has 0 spiro atoms. The number of fused-ring (bicyclic) bond motifs is 6. The number of likely N-dealkylation sites (N-methyl/N-ethyl adjacent to an activating group) is 1. The Morgan fingerprint density at radius 1 is 0.973 bits per heavy atom. The Labute approximate surface area is 434 Å². The number of nitrogens with one attached hydrogen (secondary N) is 3. The van der Waals surface area contributed by atoms with Crippen LogP contribution in [-0.2, 0) is 66.0 Å². The smallest absolute Gasteiger partial charge is 0.314 e. The van der Waals surface area contributed by atoms with E-state index in [2.05, 4.69) is 37.1 Å². The molecule has 4 aromatic rings. The van der Waals surface area contributed by atoms with E-state index in [0.29, 0.717) is 56.6 Å². The standard InChI is InChI=1S/C50H66FN13O11/c1-31(55-5)46(66)59-44(50(2,3)4)49(68)62-28-33-24-36(9-7-32(33)25-42(62)64(54)69)74-22-21-73-20-19-72-18-17-71-16-15-70-14-11-41(65)56-12-13-63-40-29-61(6)48(67)37-10-8-35(51)23-34(37)30-75-47-45(53)57-27-39(58-47)43(40)38(26-52)60-63/h7-10,23-24,27,31,42,44,55H,11-22,25,28-30H2,1-6H3,(H5-,53,54,56,57,59,65,66,69)/p+1/t31-,42+,44+/m1/s1. The maximum absolute atomic E-state index is 14.2. The minimum atomic E-state index is -0.956. The number of halogens is 1. The fraction of sp³-hybridized carbons (Fsp3) is 0.520. The number of nitroso groups, excluding NO2 is 1. The number of benzene rings is 2. The summed E-state index contributed by atoms with van der Waals surface area (Å²) in [4.78, 5) is 77.4. The normalized spacial score (nSPS) is 15.2. The third-order valence-electron chi connectivity index (χ3n) is 12.4. The lowest BCUT2D eigenvalue weighted by Crippen LogP contribution is -2.61. The molecule has 2 aliphatic rings. The average molecular weight is 1050 g/mol. The number of carbonyl (C=O) groups excluding carboxylic acids is 4. The monoisotopic (exact) mass is 1040 g/mol. The van der Waals surface area contributed by atoms with Crippen molar-refractivity contribution >= 4 is 29.4 Å². The molecule has 2 aromatic carbocycles. The van der Waals surface area contributed by atoms with E-state index in [1.165, 1.54) is 38.9 Å². The highest BCUT2D eigenvalue weighted by Gasteiger charge is 2.45. The van der Waals surface area contributed by atoms with E-state index in [1.54, 1.807) is 27.1 Å². The molecule has 2 bridgehead atoms. The van der Waals surface area contributed by atoms with E-state index < -0.39 is 41.3 Å². The molecule has 0 radical (unpaired) electrons. The highest BCUT2D eigenvalue weighted by molar-refractivity contribution is 5.95. The number of ether oxygens (including phenoxy) is 6. The van der Waals surface area contributed by atoms with Crippen molar-refractivity contribution in [2.24, 2.45) is 11.3 Å². The van der Waals surface area contributed by atoms with Crippen LogP contribution in [-0.4, -0.2) is 156 Å². The average Bonchev–Trinajstić information content (AvgIpc) is 3.73. The topological polar surface area (TPSA) is 306 Å². The molecule has 75 heavy (non-hydrogen) atoms. The second kappa shape index (κ2) is 26.7. The number of hydrogen-bond donors (Lipinski definition) is 5. The van der Waals surface area contributed by atoms with Gasteiger partial charge in [0.15, 0.2) is 11.5 Å². The Bertz CT molecular complexity index is 2710. The first kappa shape index (κ1) is 56.9. The van der Waals surface area contributed by atoms with Crippen molar-refractivity contribution in [2.45, 2.75) is 85.0 Å². The zero-order valence-corrected chi connectivity index (χ0v) is 43.2. The van der Waals surface area contributed by atoms with Gasteiger partial charge in [-0.25, -0.2) is 14.4 Å². The summed E-state index contributed by atoms with van der Waals surface area (Å²) in [7, 11) is 3.22. The van der Waals surface area contributed by atoms with Crippen LogP contribution in [0.3, 0.4) is 0 Å². The van der Waals surface area contributed by atoms with Crippen LogP contribution in [0.4, 0.5) is 10.2 Å². The molecule has 24 nitrogen and oxygen atoms in total. The van der Waals surface area contributed by atoms with E-state index >= 15 is 0 Å². The molecule has 6 rings (SSSR count). The summed E-state index contributed by atoms with van der Waals surface area (Å²) in [5.41, 5.74) is 8.55. The fourth-order valence-corrected chi connectivity index (χ4v) is 8.17. The van der Waals surface area contributed by atoms with E-state index in [4.69, 9.17) is 40.0 Å². The number of hydrogen-bond acceptors (Lipinski definition) is 17. The third-order valence-corrected chi connectivity index (χ3v) is 12.4. The van der Waals surface area contributed by atoms with Gasteiger partial charge in [0.05, 0.1) is 113 Å². The fourth-order valence-electron chi connectivity index (χ4n) is 8.17. The first-order valence-electron chi connectivity index (χ1n) is 24.5. The number of nitrogen functional groups attached to an aromatic ring is 1. The van der Waals surface area contributed by atoms with Crippen molar-refractivity contribution in [1.29, 1.82) is 5.26 Å². The lowest BCUT2D eigenvalue weighted by atomic mass is 9.84. The predicted molar refractivity (Wildman–Crippen MR) is 268 cm³/mol. The summed E-state index contributed by atoms with van der Waals surface area (Å²) >= 11 is 0. The van der Waals surface area contributed by atoms with Gasteiger partial charge in [0.25, 0.3) is 17.7 Å². The van der Waals surface area contributed by atoms with Gasteiger partial charge in [-0.2, -0.15) is 16.2 Å². The molecular formula is C50H67FN13O11+. The molecule has 2 aliphatic heterocycles. The molecule has 0 saturated carbocycles. The Kier molecular flexibility index (Phi) is 20.3. The van der Waals surface area contributed by atoms with Crippen molar-refractivity contribution in [2.75, 3.05) is 85.8 Å². The Morgan fingerprint density at radius 3 is 2.31 bits per heavy atom. The minimum Gasteiger partial charge on any atom is -0.491 e. The minimum absolute atomic E-state index is 0.0134. The van der Waals surface area contributed by atoms with Gasteiger partial charge in [0.1, 0.15) is 41.8 Å². The highest BCUT2D eigenvalue weighted by atomic mass is 19.1. The van der Waals surface area contributed by atoms with Crippen LogP contribution in [0.1, 0.15) is 72.6 Å². The molecule has 7 N–H and O–H groups in total. The van der Waals surface area contributed by atoms with Crippen LogP contribution < -0.4 is 37.0 Å². The van der Waals surface area contributed by atoms with Gasteiger partial charge in [-0.05, 0) is 60.8 Å². The molecule has 0 unspecified atom stereocenters. The maximum Gasteiger partial charge on any atom is 0.314 e. The van der Waals surface area contributed by atoms with Crippen molar-refractivity contribution < 1.29 is 56.9 Å². The van der Waals surface area contributed by atoms with Crippen LogP contribution in [0.25, 0.3) is 11.3 Å². The zero-order valence-electron chi connectivity index (χ0n) is 43.2. The molecule has 25 heteroatoms. The van der Waals surface area contributed by atoms with Crippen molar-refractivity contribution in [3.8, 4) is 29.0 Å². The van der Waals surface area contributed by atoms with Gasteiger partial charge in [-0.15, -0.1) is 0 Å². The van der Waals surface area contributed by atoms with Crippen molar-refractivity contribution in [3.05, 3.63) is 87.0 Å². The van der Waals surface area contributed by atoms with Crippen LogP contribution in [0.5, 0.6) is 11.6 Å². The number of hydrazine groups is 1. The molecule has 2 aromatic heterocycles. The lowest BCUT2D eigenvalue weighted by Gasteiger charge is -2.37. The largest absolute Gasteiger partial charge is 0.491 e. The molecule has 0 aliphatic carbocycles. The number of aromatic nitrogens is 4. The number of carbonyl (C=O) groups is 4. The summed E-state index contributed by atoms with van der Waals surface area (Å²) in [6, 6.07) is 9.88. The molecule has 4 amide bonds. The SMILES string of the molecule is CN[C@H](C)C(=O)N[C@@H](C(=O)N1Cc2cc(OCCOCCOCCOCCOCCC(=O)NCCn3nc(C#N)c4c3CN(C)C(=O)c3ccc(F)cc3COc3nc-4cnc3N)ccc2C[C@@H]1[N+](N)=O)C(C)(C)C. The van der Waals surface area contributed by atoms with Crippen LogP contribution >= 0.6 is 0 Å². The van der Waals surface area contributed by atoms with Crippen LogP contribution in [0, 0.1) is 27.5 Å². The second-order valence-corrected chi connectivity index (χ2v) is 18.9. The zero-order chi connectivity index (χ0) is 54.2. The van der Waals surface area contributed by atoms with E-state index in [9.17, 15) is 33.7 Å². The van der Waals surface area contributed by atoms with Crippen LogP contribution in [0.2, 0.25) is 0 Å². The van der Waals surface area contributed by atoms with Crippen molar-refractivity contribution in [3.63, 3.8) is 0 Å². The van der Waals surface area contributed by atoms with Gasteiger partial charge in [-0.3, -0.25) is 28.8 Å². The molecule has 0 saturated heterocycles. The number of nitriles is 1. The van der Waals surface area contributed by atoms with Gasteiger partial charge in [0.2, 0.25) is 11.8 Å². The predicted octanol–water partition coefficient (Wildman–Crippen LogP) is 1.75. The Morgan fingerprint density at radius 2 is 1.65 bits per heavy atom. The number of nitrogens with zero attached hydrogens (tertiary/aromatic N) is 8. The number of rotatable bonds is 24. The number of anilines is 1. The Hall–Kier alpha value is -7.37. The summed E-state index contributed by atoms with van der Waals surface area (Å²) < 4.78 is 49.9. The summed E-state index contributed by atoms with van der Waals surface area (Å²) in [5.74, 6) is 4.18. The maximum atomic E-state index is 14.2. The molecule has 3 atom stereocenters. The molecule has 404 valence electrons. The van der Waals surface area contributed by atoms with Gasteiger partial charge in [-0.1, -0.05) is 26.8 Å². The summed E-state index contributed by atoms with van der Waals surface area (Å²) in [6.45, 7) is 10.0. The van der Waals surface area contributed by atoms with E-state index in [0.717, 1.165) is 11.1 Å². The highest BCUT2D eigenvalue weighted by Crippen LogP contribution is 2.33. The van der Waals surface area contributed by atoms with E-state index in [1.807, 2.05) is 32.9 Å². The van der Waals surface area contributed by atoms with Crippen molar-refractivity contribution in [1.82, 2.24) is 45.5 Å². The molecule has 0 fully saturated rings. The molecular weight excluding hydrogens is 978 g/mol. The van der Waals surface area contributed by atoms with Crippen LogP contribution in [0.15, 0.2) is 42.6 Å². The number of nitrogens with two attached hydrogens (primary N) is 2. The summed E-state index contributed by atoms with van der Waals surface area (Å²) in [5, 5.41) is 23.1. The molecule has 4 heterocycles. The van der Waals surface area contributed by atoms with Gasteiger partial charge < -0.3 is 55.0 Å². The van der Waals surface area contributed by atoms with E-state index in [-0.39, 0.29) is 116 Å².